The first-order valence-corrected chi connectivity index (χ1v) is 18.9. The summed E-state index contributed by atoms with van der Waals surface area (Å²) in [4.78, 5) is 2.40. The summed E-state index contributed by atoms with van der Waals surface area (Å²) in [6.45, 7) is 0. The summed E-state index contributed by atoms with van der Waals surface area (Å²) in [6, 6.07) is 56.1. The molecule has 260 valence electrons. The Hall–Kier alpha value is -7.10. The maximum absolute atomic E-state index is 6.54. The third-order valence-corrected chi connectivity index (χ3v) is 11.2. The molecule has 2 aliphatic carbocycles. The number of para-hydroxylation sites is 1. The third kappa shape index (κ3) is 5.52. The van der Waals surface area contributed by atoms with E-state index in [2.05, 4.69) is 187 Å². The number of hydrogen-bond acceptors (Lipinski definition) is 3. The quantitative estimate of drug-likeness (QED) is 0.172. The monoisotopic (exact) mass is 705 g/mol. The van der Waals surface area contributed by atoms with E-state index in [1.165, 1.54) is 27.8 Å². The molecule has 1 atom stereocenters. The fourth-order valence-corrected chi connectivity index (χ4v) is 8.35. The van der Waals surface area contributed by atoms with E-state index in [0.29, 0.717) is 5.92 Å². The van der Waals surface area contributed by atoms with Crippen LogP contribution < -0.4 is 4.90 Å². The second kappa shape index (κ2) is 12.8. The molecule has 7 aromatic carbocycles. The number of hydrogen-bond donors (Lipinski definition) is 0. The lowest BCUT2D eigenvalue weighted by atomic mass is 9.87. The van der Waals surface area contributed by atoms with Crippen LogP contribution >= 0.6 is 0 Å². The Labute approximate surface area is 319 Å². The van der Waals surface area contributed by atoms with Crippen molar-refractivity contribution in [1.29, 1.82) is 0 Å². The summed E-state index contributed by atoms with van der Waals surface area (Å²) in [6.07, 6.45) is 14.5. The summed E-state index contributed by atoms with van der Waals surface area (Å²) in [5.41, 5.74) is 15.2. The van der Waals surface area contributed by atoms with Crippen molar-refractivity contribution in [2.24, 2.45) is 5.92 Å². The average molecular weight is 706 g/mol. The van der Waals surface area contributed by atoms with Crippen molar-refractivity contribution in [1.82, 2.24) is 0 Å². The number of benzene rings is 7. The van der Waals surface area contributed by atoms with Gasteiger partial charge < -0.3 is 13.7 Å². The zero-order valence-corrected chi connectivity index (χ0v) is 30.0. The van der Waals surface area contributed by atoms with Crippen molar-refractivity contribution in [3.8, 4) is 33.4 Å². The fourth-order valence-electron chi connectivity index (χ4n) is 8.35. The topological polar surface area (TPSA) is 29.5 Å². The second-order valence-corrected chi connectivity index (χ2v) is 14.5. The Morgan fingerprint density at radius 3 is 1.84 bits per heavy atom. The molecule has 0 amide bonds. The van der Waals surface area contributed by atoms with Gasteiger partial charge in [-0.15, -0.1) is 0 Å². The van der Waals surface area contributed by atoms with Crippen LogP contribution in [-0.4, -0.2) is 0 Å². The lowest BCUT2D eigenvalue weighted by Crippen LogP contribution is -2.19. The average Bonchev–Trinajstić information content (AvgIpc) is 3.81. The molecule has 3 heteroatoms. The molecule has 11 rings (SSSR count). The number of allylic oxidation sites excluding steroid dienone is 7. The number of nitrogens with zero attached hydrogens (tertiary/aromatic N) is 1. The molecule has 0 aliphatic heterocycles. The van der Waals surface area contributed by atoms with Gasteiger partial charge in [0.25, 0.3) is 0 Å². The van der Waals surface area contributed by atoms with Gasteiger partial charge in [0.15, 0.2) is 0 Å². The number of furan rings is 2. The molecule has 1 unspecified atom stereocenters. The summed E-state index contributed by atoms with van der Waals surface area (Å²) in [5, 5.41) is 4.45. The first-order valence-electron chi connectivity index (χ1n) is 18.9. The minimum absolute atomic E-state index is 0.409. The minimum atomic E-state index is 0.409. The van der Waals surface area contributed by atoms with Crippen molar-refractivity contribution in [2.75, 3.05) is 4.90 Å². The van der Waals surface area contributed by atoms with Gasteiger partial charge in [-0.2, -0.15) is 0 Å². The van der Waals surface area contributed by atoms with Gasteiger partial charge in [0.05, 0.1) is 0 Å². The van der Waals surface area contributed by atoms with Gasteiger partial charge in [-0.05, 0) is 112 Å². The molecular weight excluding hydrogens is 671 g/mol. The lowest BCUT2D eigenvalue weighted by molar-refractivity contribution is 0.668. The highest BCUT2D eigenvalue weighted by Crippen LogP contribution is 2.42. The number of rotatable bonds is 6. The molecule has 0 spiro atoms. The van der Waals surface area contributed by atoms with Crippen molar-refractivity contribution in [2.45, 2.75) is 6.42 Å². The van der Waals surface area contributed by atoms with E-state index in [0.717, 1.165) is 78.5 Å². The maximum Gasteiger partial charge on any atom is 0.136 e. The van der Waals surface area contributed by atoms with Crippen molar-refractivity contribution < 1.29 is 8.83 Å². The molecular formula is C52H35NO2. The van der Waals surface area contributed by atoms with Crippen molar-refractivity contribution in [3.63, 3.8) is 0 Å². The molecule has 0 saturated carbocycles. The Morgan fingerprint density at radius 1 is 0.436 bits per heavy atom. The van der Waals surface area contributed by atoms with Crippen LogP contribution in [-0.2, 0) is 0 Å². The summed E-state index contributed by atoms with van der Waals surface area (Å²) in [7, 11) is 0. The number of anilines is 2. The molecule has 0 N–H and O–H groups in total. The summed E-state index contributed by atoms with van der Waals surface area (Å²) in [5.74, 6) is 0.409. The van der Waals surface area contributed by atoms with Gasteiger partial charge in [-0.1, -0.05) is 127 Å². The first-order chi connectivity index (χ1) is 27.2. The molecule has 2 heterocycles. The summed E-state index contributed by atoms with van der Waals surface area (Å²) < 4.78 is 12.8. The van der Waals surface area contributed by atoms with Gasteiger partial charge in [-0.25, -0.2) is 0 Å². The minimum Gasteiger partial charge on any atom is -0.456 e. The molecule has 0 saturated heterocycles. The van der Waals surface area contributed by atoms with Crippen molar-refractivity contribution in [3.05, 3.63) is 205 Å². The van der Waals surface area contributed by atoms with E-state index >= 15 is 0 Å². The fraction of sp³-hybridized carbons (Fsp3) is 0.0385. The highest BCUT2D eigenvalue weighted by atomic mass is 16.3. The van der Waals surface area contributed by atoms with Crippen LogP contribution in [0.5, 0.6) is 0 Å². The van der Waals surface area contributed by atoms with E-state index in [9.17, 15) is 0 Å². The molecule has 2 aliphatic rings. The van der Waals surface area contributed by atoms with Gasteiger partial charge in [0.2, 0.25) is 0 Å². The SMILES string of the molecule is C1=CC2=CC(N(c3cccc(-c4ccc(-c5ccccc5)cc4)c3)c3ccc4oc5cc(-c6ccc7c(c6)oc6ccccc67)ccc5c4c3)=CCC2C=C1. The van der Waals surface area contributed by atoms with Gasteiger partial charge in [0.1, 0.15) is 22.3 Å². The lowest BCUT2D eigenvalue weighted by Gasteiger charge is -2.31. The van der Waals surface area contributed by atoms with Gasteiger partial charge in [-0.3, -0.25) is 0 Å². The summed E-state index contributed by atoms with van der Waals surface area (Å²) >= 11 is 0. The van der Waals surface area contributed by atoms with Crippen LogP contribution in [0.1, 0.15) is 6.42 Å². The van der Waals surface area contributed by atoms with Crippen LogP contribution in [0.15, 0.2) is 214 Å². The Morgan fingerprint density at radius 2 is 1.04 bits per heavy atom. The molecule has 55 heavy (non-hydrogen) atoms. The van der Waals surface area contributed by atoms with Crippen LogP contribution in [0.3, 0.4) is 0 Å². The smallest absolute Gasteiger partial charge is 0.136 e. The van der Waals surface area contributed by atoms with Crippen LogP contribution in [0.25, 0.3) is 77.3 Å². The van der Waals surface area contributed by atoms with Gasteiger partial charge in [0, 0.05) is 44.5 Å². The Kier molecular flexibility index (Phi) is 7.31. The predicted octanol–water partition coefficient (Wildman–Crippen LogP) is 14.6. The molecule has 2 aromatic heterocycles. The van der Waals surface area contributed by atoms with E-state index in [1.54, 1.807) is 0 Å². The zero-order valence-electron chi connectivity index (χ0n) is 30.0. The molecule has 0 bridgehead atoms. The molecule has 3 nitrogen and oxygen atoms in total. The van der Waals surface area contributed by atoms with Crippen LogP contribution in [0.4, 0.5) is 11.4 Å². The molecule has 0 radical (unpaired) electrons. The second-order valence-electron chi connectivity index (χ2n) is 14.5. The van der Waals surface area contributed by atoms with E-state index < -0.39 is 0 Å². The number of fused-ring (bicyclic) bond motifs is 7. The van der Waals surface area contributed by atoms with Crippen LogP contribution in [0.2, 0.25) is 0 Å². The van der Waals surface area contributed by atoms with Gasteiger partial charge >= 0.3 is 0 Å². The highest BCUT2D eigenvalue weighted by Gasteiger charge is 2.22. The largest absolute Gasteiger partial charge is 0.456 e. The van der Waals surface area contributed by atoms with E-state index in [-0.39, 0.29) is 0 Å². The van der Waals surface area contributed by atoms with E-state index in [1.807, 2.05) is 12.1 Å². The maximum atomic E-state index is 6.54. The normalized spacial score (nSPS) is 15.1. The molecule has 9 aromatic rings. The zero-order chi connectivity index (χ0) is 36.3. The predicted molar refractivity (Wildman–Crippen MR) is 228 cm³/mol. The molecule has 0 fully saturated rings. The van der Waals surface area contributed by atoms with Crippen molar-refractivity contribution >= 4 is 55.3 Å². The Balaban J connectivity index is 0.989. The Bertz CT molecular complexity index is 3060. The standard InChI is InChI=1S/C52H35NO2/c1-2-9-34(10-3-1)36-17-19-37(20-18-36)39-13-8-14-42(29-39)53(43-24-21-35-11-4-5-12-38(35)30-43)44-25-28-50-48(33-44)47-27-23-41(32-52(47)55-50)40-22-26-46-45-15-6-7-16-49(45)54-51(46)31-40/h1-20,22-33,35H,21H2. The van der Waals surface area contributed by atoms with E-state index in [4.69, 9.17) is 8.83 Å². The third-order valence-electron chi connectivity index (χ3n) is 11.2. The first kappa shape index (κ1) is 31.4. The highest BCUT2D eigenvalue weighted by molar-refractivity contribution is 6.08. The van der Waals surface area contributed by atoms with Crippen LogP contribution in [0, 0.1) is 5.92 Å².